The van der Waals surface area contributed by atoms with Gasteiger partial charge >= 0.3 is 0 Å². The van der Waals surface area contributed by atoms with E-state index in [0.717, 1.165) is 12.3 Å². The van der Waals surface area contributed by atoms with Crippen LogP contribution in [0.15, 0.2) is 35.5 Å². The summed E-state index contributed by atoms with van der Waals surface area (Å²) < 4.78 is 0. The van der Waals surface area contributed by atoms with Crippen molar-refractivity contribution in [3.05, 3.63) is 35.5 Å². The third kappa shape index (κ3) is 11.8. The highest BCUT2D eigenvalue weighted by Crippen LogP contribution is 2.34. The zero-order chi connectivity index (χ0) is 20.5. The zero-order valence-corrected chi connectivity index (χ0v) is 19.8. The Bertz CT molecular complexity index is 477. The summed E-state index contributed by atoms with van der Waals surface area (Å²) in [6.07, 6.45) is 12.2. The number of allylic oxidation sites excluding steroid dienone is 5. The Hall–Kier alpha value is -0.780. The van der Waals surface area contributed by atoms with Gasteiger partial charge in [-0.15, -0.1) is 0 Å². The first-order valence-electron chi connectivity index (χ1n) is 10.8. The smallest absolute Gasteiger partial charge is 0.0203 e. The number of hydrogen-bond acceptors (Lipinski definition) is 0. The molecule has 1 unspecified atom stereocenters. The van der Waals surface area contributed by atoms with Crippen molar-refractivity contribution in [1.82, 2.24) is 0 Å². The van der Waals surface area contributed by atoms with E-state index in [-0.39, 0.29) is 0 Å². The summed E-state index contributed by atoms with van der Waals surface area (Å²) >= 11 is 0. The fourth-order valence-corrected chi connectivity index (χ4v) is 3.40. The molecule has 0 aliphatic heterocycles. The summed E-state index contributed by atoms with van der Waals surface area (Å²) in [5.41, 5.74) is 4.88. The van der Waals surface area contributed by atoms with E-state index in [2.05, 4.69) is 88.0 Å². The number of rotatable bonds is 11. The summed E-state index contributed by atoms with van der Waals surface area (Å²) in [6.45, 7) is 27.6. The molecule has 0 aliphatic carbocycles. The molecule has 0 nitrogen and oxygen atoms in total. The molecule has 0 aliphatic rings. The summed E-state index contributed by atoms with van der Waals surface area (Å²) in [7, 11) is 0. The molecule has 0 aromatic carbocycles. The van der Waals surface area contributed by atoms with E-state index in [9.17, 15) is 0 Å². The molecule has 0 aromatic heterocycles. The van der Waals surface area contributed by atoms with E-state index < -0.39 is 0 Å². The molecule has 1 atom stereocenters. The van der Waals surface area contributed by atoms with Gasteiger partial charge in [-0.2, -0.15) is 0 Å². The van der Waals surface area contributed by atoms with Crippen LogP contribution in [-0.4, -0.2) is 0 Å². The van der Waals surface area contributed by atoms with Crippen molar-refractivity contribution >= 4 is 0 Å². The molecule has 26 heavy (non-hydrogen) atoms. The summed E-state index contributed by atoms with van der Waals surface area (Å²) in [5.74, 6) is 1.44. The Balaban J connectivity index is 4.70. The van der Waals surface area contributed by atoms with Gasteiger partial charge < -0.3 is 0 Å². The Kier molecular flexibility index (Phi) is 10.8. The fourth-order valence-electron chi connectivity index (χ4n) is 3.40. The molecular weight excluding hydrogens is 312 g/mol. The minimum atomic E-state index is 0.418. The second-order valence-corrected chi connectivity index (χ2v) is 10.8. The van der Waals surface area contributed by atoms with Crippen LogP contribution in [0, 0.1) is 22.7 Å². The number of hydrogen-bond donors (Lipinski definition) is 0. The van der Waals surface area contributed by atoms with Crippen molar-refractivity contribution in [2.24, 2.45) is 22.7 Å². The van der Waals surface area contributed by atoms with E-state index in [0.29, 0.717) is 16.7 Å². The first kappa shape index (κ1) is 25.2. The van der Waals surface area contributed by atoms with Crippen molar-refractivity contribution in [3.8, 4) is 0 Å². The van der Waals surface area contributed by atoms with Crippen LogP contribution in [-0.2, 0) is 0 Å². The highest BCUT2D eigenvalue weighted by Gasteiger charge is 2.20. The molecule has 0 saturated carbocycles. The lowest BCUT2D eigenvalue weighted by atomic mass is 9.77. The third-order valence-electron chi connectivity index (χ3n) is 5.62. The Labute approximate surface area is 166 Å². The largest absolute Gasteiger partial charge is 0.0915 e. The van der Waals surface area contributed by atoms with Crippen molar-refractivity contribution < 1.29 is 0 Å². The second kappa shape index (κ2) is 11.2. The van der Waals surface area contributed by atoms with Crippen LogP contribution in [0.5, 0.6) is 0 Å². The van der Waals surface area contributed by atoms with Crippen LogP contribution in [0.4, 0.5) is 0 Å². The quantitative estimate of drug-likeness (QED) is 0.322. The predicted octanol–water partition coefficient (Wildman–Crippen LogP) is 9.14. The van der Waals surface area contributed by atoms with Crippen LogP contribution in [0.1, 0.15) is 108 Å². The second-order valence-electron chi connectivity index (χ2n) is 10.8. The molecule has 0 rings (SSSR count). The van der Waals surface area contributed by atoms with Gasteiger partial charge in [0.05, 0.1) is 0 Å². The third-order valence-corrected chi connectivity index (χ3v) is 5.62. The molecule has 0 N–H and O–H groups in total. The van der Waals surface area contributed by atoms with Crippen LogP contribution >= 0.6 is 0 Å². The lowest BCUT2D eigenvalue weighted by molar-refractivity contribution is 0.242. The lowest BCUT2D eigenvalue weighted by Crippen LogP contribution is -2.15. The van der Waals surface area contributed by atoms with Gasteiger partial charge in [0.15, 0.2) is 0 Å². The average Bonchev–Trinajstić information content (AvgIpc) is 2.49. The van der Waals surface area contributed by atoms with E-state index in [1.165, 1.54) is 48.8 Å². The van der Waals surface area contributed by atoms with Gasteiger partial charge in [-0.3, -0.25) is 0 Å². The monoisotopic (exact) mass is 360 g/mol. The summed E-state index contributed by atoms with van der Waals surface area (Å²) in [5, 5.41) is 0. The molecule has 0 amide bonds. The highest BCUT2D eigenvalue weighted by molar-refractivity contribution is 5.38. The van der Waals surface area contributed by atoms with Crippen LogP contribution in [0.2, 0.25) is 0 Å². The molecule has 0 saturated heterocycles. The Morgan fingerprint density at radius 3 is 2.00 bits per heavy atom. The molecule has 0 spiro atoms. The fraction of sp³-hybridized carbons (Fsp3) is 0.769. The van der Waals surface area contributed by atoms with Crippen molar-refractivity contribution in [3.63, 3.8) is 0 Å². The normalized spacial score (nSPS) is 15.5. The van der Waals surface area contributed by atoms with Gasteiger partial charge in [0, 0.05) is 0 Å². The highest BCUT2D eigenvalue weighted by atomic mass is 14.3. The molecule has 0 radical (unpaired) electrons. The standard InChI is InChI=1S/C26H48/c1-12-24(18-20(2)3)23(6)19-22(5)21(4)14-13-15-26(10,11)17-16-25(7,8)9/h14,19-20,24H,5,12-13,15-18H2,1-4,6-11H3. The minimum absolute atomic E-state index is 0.418. The van der Waals surface area contributed by atoms with E-state index in [1.807, 2.05) is 0 Å². The van der Waals surface area contributed by atoms with Gasteiger partial charge in [-0.05, 0) is 86.2 Å². The van der Waals surface area contributed by atoms with Gasteiger partial charge in [-0.25, -0.2) is 0 Å². The topological polar surface area (TPSA) is 0 Å². The van der Waals surface area contributed by atoms with Crippen LogP contribution in [0.3, 0.4) is 0 Å². The first-order valence-corrected chi connectivity index (χ1v) is 10.8. The van der Waals surface area contributed by atoms with E-state index >= 15 is 0 Å². The van der Waals surface area contributed by atoms with Gasteiger partial charge in [0.1, 0.15) is 0 Å². The minimum Gasteiger partial charge on any atom is -0.0915 e. The maximum atomic E-state index is 4.33. The van der Waals surface area contributed by atoms with Crippen LogP contribution < -0.4 is 0 Å². The lowest BCUT2D eigenvalue weighted by Gasteiger charge is -2.28. The average molecular weight is 361 g/mol. The molecule has 0 aromatic rings. The predicted molar refractivity (Wildman–Crippen MR) is 122 cm³/mol. The first-order chi connectivity index (χ1) is 11.8. The van der Waals surface area contributed by atoms with E-state index in [4.69, 9.17) is 0 Å². The SMILES string of the molecule is C=C(C=C(C)C(CC)CC(C)C)C(C)=CCCC(C)(C)CCC(C)(C)C. The Morgan fingerprint density at radius 2 is 1.54 bits per heavy atom. The van der Waals surface area contributed by atoms with Crippen molar-refractivity contribution in [2.45, 2.75) is 108 Å². The van der Waals surface area contributed by atoms with E-state index in [1.54, 1.807) is 0 Å². The van der Waals surface area contributed by atoms with Gasteiger partial charge in [-0.1, -0.05) is 79.7 Å². The van der Waals surface area contributed by atoms with Gasteiger partial charge in [0.2, 0.25) is 0 Å². The maximum Gasteiger partial charge on any atom is -0.0203 e. The molecular formula is C26H48. The maximum absolute atomic E-state index is 4.33. The van der Waals surface area contributed by atoms with Crippen molar-refractivity contribution in [2.75, 3.05) is 0 Å². The van der Waals surface area contributed by atoms with Crippen LogP contribution in [0.25, 0.3) is 0 Å². The summed E-state index contributed by atoms with van der Waals surface area (Å²) in [6, 6.07) is 0. The molecule has 0 fully saturated rings. The van der Waals surface area contributed by atoms with Gasteiger partial charge in [0.25, 0.3) is 0 Å². The molecule has 152 valence electrons. The molecule has 0 heterocycles. The van der Waals surface area contributed by atoms with Crippen molar-refractivity contribution in [1.29, 1.82) is 0 Å². The molecule has 0 heteroatoms. The molecule has 0 bridgehead atoms. The Morgan fingerprint density at radius 1 is 0.962 bits per heavy atom. The summed E-state index contributed by atoms with van der Waals surface area (Å²) in [4.78, 5) is 0. The zero-order valence-electron chi connectivity index (χ0n) is 19.8.